The highest BCUT2D eigenvalue weighted by Gasteiger charge is 2.37. The molecule has 0 atom stereocenters. The summed E-state index contributed by atoms with van der Waals surface area (Å²) in [6.07, 6.45) is 2.65. The van der Waals surface area contributed by atoms with E-state index < -0.39 is 10.0 Å². The van der Waals surface area contributed by atoms with Crippen LogP contribution < -0.4 is 4.74 Å². The first kappa shape index (κ1) is 15.3. The van der Waals surface area contributed by atoms with Crippen molar-refractivity contribution in [3.05, 3.63) is 24.3 Å². The van der Waals surface area contributed by atoms with Crippen molar-refractivity contribution < 1.29 is 18.3 Å². The van der Waals surface area contributed by atoms with Gasteiger partial charge in [0.25, 0.3) is 0 Å². The molecule has 1 aromatic rings. The molecule has 1 aromatic carbocycles. The summed E-state index contributed by atoms with van der Waals surface area (Å²) in [6.45, 7) is 2.63. The van der Waals surface area contributed by atoms with E-state index in [-0.39, 0.29) is 24.1 Å². The molecule has 0 unspecified atom stereocenters. The second-order valence-electron chi connectivity index (χ2n) is 4.89. The molecule has 0 saturated heterocycles. The van der Waals surface area contributed by atoms with Crippen LogP contribution in [0.1, 0.15) is 26.2 Å². The van der Waals surface area contributed by atoms with Gasteiger partial charge in [0.15, 0.2) is 0 Å². The Labute approximate surface area is 120 Å². The van der Waals surface area contributed by atoms with Crippen LogP contribution >= 0.6 is 0 Å². The number of sulfonamides is 1. The summed E-state index contributed by atoms with van der Waals surface area (Å²) in [4.78, 5) is 0.252. The number of aliphatic hydroxyl groups excluding tert-OH is 1. The van der Waals surface area contributed by atoms with Gasteiger partial charge in [0.1, 0.15) is 5.75 Å². The van der Waals surface area contributed by atoms with E-state index in [1.165, 1.54) is 4.31 Å². The molecule has 5 nitrogen and oxygen atoms in total. The zero-order chi connectivity index (χ0) is 14.6. The standard InChI is InChI=1S/C14H21NO4S/c1-2-11-19-13-5-7-14(8-6-13)20(17,18)15(9-10-16)12-3-4-12/h5-8,12,16H,2-4,9-11H2,1H3. The molecule has 0 heterocycles. The van der Waals surface area contributed by atoms with Crippen LogP contribution in [0.2, 0.25) is 0 Å². The van der Waals surface area contributed by atoms with E-state index >= 15 is 0 Å². The molecule has 0 aliphatic heterocycles. The molecule has 1 N–H and O–H groups in total. The van der Waals surface area contributed by atoms with Crippen molar-refractivity contribution in [1.82, 2.24) is 4.31 Å². The van der Waals surface area contributed by atoms with Gasteiger partial charge in [-0.15, -0.1) is 0 Å². The lowest BCUT2D eigenvalue weighted by atomic mass is 10.3. The Balaban J connectivity index is 2.15. The summed E-state index contributed by atoms with van der Waals surface area (Å²) < 4.78 is 31.8. The molecule has 0 amide bonds. The van der Waals surface area contributed by atoms with E-state index in [4.69, 9.17) is 9.84 Å². The van der Waals surface area contributed by atoms with Crippen LogP contribution in [0.3, 0.4) is 0 Å². The highest BCUT2D eigenvalue weighted by molar-refractivity contribution is 7.89. The van der Waals surface area contributed by atoms with Gasteiger partial charge in [-0.3, -0.25) is 0 Å². The lowest BCUT2D eigenvalue weighted by Crippen LogP contribution is -2.35. The number of hydrogen-bond acceptors (Lipinski definition) is 4. The van der Waals surface area contributed by atoms with E-state index in [0.717, 1.165) is 19.3 Å². The number of nitrogens with zero attached hydrogens (tertiary/aromatic N) is 1. The van der Waals surface area contributed by atoms with E-state index in [1.807, 2.05) is 6.92 Å². The smallest absolute Gasteiger partial charge is 0.243 e. The predicted octanol–water partition coefficient (Wildman–Crippen LogP) is 1.62. The first-order valence-electron chi connectivity index (χ1n) is 6.95. The van der Waals surface area contributed by atoms with Gasteiger partial charge < -0.3 is 9.84 Å². The lowest BCUT2D eigenvalue weighted by molar-refractivity contribution is 0.250. The third kappa shape index (κ3) is 3.50. The molecular formula is C14H21NO4S. The summed E-state index contributed by atoms with van der Waals surface area (Å²) in [5.74, 6) is 0.672. The van der Waals surface area contributed by atoms with Crippen LogP contribution in [0.5, 0.6) is 5.75 Å². The Morgan fingerprint density at radius 2 is 1.95 bits per heavy atom. The number of aliphatic hydroxyl groups is 1. The molecule has 6 heteroatoms. The third-order valence-corrected chi connectivity index (χ3v) is 5.14. The molecule has 1 saturated carbocycles. The zero-order valence-corrected chi connectivity index (χ0v) is 12.5. The van der Waals surface area contributed by atoms with E-state index in [2.05, 4.69) is 0 Å². The summed E-state index contributed by atoms with van der Waals surface area (Å²) in [5.41, 5.74) is 0. The zero-order valence-electron chi connectivity index (χ0n) is 11.7. The van der Waals surface area contributed by atoms with Crippen molar-refractivity contribution >= 4 is 10.0 Å². The third-order valence-electron chi connectivity index (χ3n) is 3.18. The fourth-order valence-electron chi connectivity index (χ4n) is 2.02. The van der Waals surface area contributed by atoms with Gasteiger partial charge in [0, 0.05) is 12.6 Å². The van der Waals surface area contributed by atoms with E-state index in [0.29, 0.717) is 12.4 Å². The molecule has 1 fully saturated rings. The largest absolute Gasteiger partial charge is 0.494 e. The SMILES string of the molecule is CCCOc1ccc(S(=O)(=O)N(CCO)C2CC2)cc1. The van der Waals surface area contributed by atoms with Crippen LogP contribution in [0.25, 0.3) is 0 Å². The highest BCUT2D eigenvalue weighted by Crippen LogP contribution is 2.32. The van der Waals surface area contributed by atoms with Crippen LogP contribution in [0.4, 0.5) is 0 Å². The number of hydrogen-bond donors (Lipinski definition) is 1. The summed E-state index contributed by atoms with van der Waals surface area (Å²) in [7, 11) is -3.52. The molecule has 112 valence electrons. The fraction of sp³-hybridized carbons (Fsp3) is 0.571. The molecular weight excluding hydrogens is 278 g/mol. The maximum atomic E-state index is 12.5. The van der Waals surface area contributed by atoms with Crippen molar-refractivity contribution in [2.24, 2.45) is 0 Å². The van der Waals surface area contributed by atoms with Gasteiger partial charge in [0.05, 0.1) is 18.1 Å². The molecule has 0 bridgehead atoms. The average Bonchev–Trinajstić information content (AvgIpc) is 3.27. The average molecular weight is 299 g/mol. The fourth-order valence-corrected chi connectivity index (χ4v) is 3.70. The van der Waals surface area contributed by atoms with Crippen molar-refractivity contribution in [1.29, 1.82) is 0 Å². The molecule has 0 spiro atoms. The summed E-state index contributed by atoms with van der Waals surface area (Å²) in [5, 5.41) is 9.04. The summed E-state index contributed by atoms with van der Waals surface area (Å²) >= 11 is 0. The Bertz CT molecular complexity index is 523. The Kier molecular flexibility index (Phi) is 5.01. The normalized spacial score (nSPS) is 15.6. The predicted molar refractivity (Wildman–Crippen MR) is 76.2 cm³/mol. The lowest BCUT2D eigenvalue weighted by Gasteiger charge is -2.20. The first-order valence-corrected chi connectivity index (χ1v) is 8.39. The van der Waals surface area contributed by atoms with Crippen molar-refractivity contribution in [3.8, 4) is 5.75 Å². The van der Waals surface area contributed by atoms with E-state index in [9.17, 15) is 8.42 Å². The van der Waals surface area contributed by atoms with Crippen molar-refractivity contribution in [2.75, 3.05) is 19.8 Å². The molecule has 1 aliphatic carbocycles. The molecule has 0 radical (unpaired) electrons. The minimum atomic E-state index is -3.52. The minimum absolute atomic E-state index is 0.0446. The highest BCUT2D eigenvalue weighted by atomic mass is 32.2. The van der Waals surface area contributed by atoms with Gasteiger partial charge in [-0.05, 0) is 43.5 Å². The molecule has 20 heavy (non-hydrogen) atoms. The second-order valence-corrected chi connectivity index (χ2v) is 6.78. The molecule has 2 rings (SSSR count). The van der Waals surface area contributed by atoms with Gasteiger partial charge >= 0.3 is 0 Å². The van der Waals surface area contributed by atoms with Gasteiger partial charge in [0.2, 0.25) is 10.0 Å². The topological polar surface area (TPSA) is 66.8 Å². The summed E-state index contributed by atoms with van der Waals surface area (Å²) in [6, 6.07) is 6.52. The van der Waals surface area contributed by atoms with Crippen LogP contribution in [0, 0.1) is 0 Å². The monoisotopic (exact) mass is 299 g/mol. The van der Waals surface area contributed by atoms with Crippen LogP contribution in [0.15, 0.2) is 29.2 Å². The van der Waals surface area contributed by atoms with Gasteiger partial charge in [-0.25, -0.2) is 8.42 Å². The maximum Gasteiger partial charge on any atom is 0.243 e. The van der Waals surface area contributed by atoms with Crippen molar-refractivity contribution in [2.45, 2.75) is 37.1 Å². The Morgan fingerprint density at radius 1 is 1.30 bits per heavy atom. The Morgan fingerprint density at radius 3 is 2.45 bits per heavy atom. The quantitative estimate of drug-likeness (QED) is 0.792. The van der Waals surface area contributed by atoms with Crippen molar-refractivity contribution in [3.63, 3.8) is 0 Å². The number of ether oxygens (including phenoxy) is 1. The Hall–Kier alpha value is -1.11. The molecule has 0 aromatic heterocycles. The first-order chi connectivity index (χ1) is 9.59. The van der Waals surface area contributed by atoms with Gasteiger partial charge in [-0.2, -0.15) is 4.31 Å². The minimum Gasteiger partial charge on any atom is -0.494 e. The van der Waals surface area contributed by atoms with Crippen LogP contribution in [-0.4, -0.2) is 43.6 Å². The molecule has 1 aliphatic rings. The van der Waals surface area contributed by atoms with Gasteiger partial charge in [-0.1, -0.05) is 6.92 Å². The number of rotatable bonds is 8. The van der Waals surface area contributed by atoms with E-state index in [1.54, 1.807) is 24.3 Å². The maximum absolute atomic E-state index is 12.5. The second kappa shape index (κ2) is 6.56. The van der Waals surface area contributed by atoms with Crippen LogP contribution in [-0.2, 0) is 10.0 Å². The number of benzene rings is 1.